The molecule has 0 atom stereocenters. The molecule has 0 aliphatic rings. The maximum Gasteiger partial charge on any atom is 0.119 e. The van der Waals surface area contributed by atoms with Crippen LogP contribution in [0.15, 0.2) is 0 Å². The monoisotopic (exact) mass is 222 g/mol. The Hall–Kier alpha value is 1.12. The van der Waals surface area contributed by atoms with Gasteiger partial charge in [0, 0.05) is 39.0 Å². The fraction of sp³-hybridized carbons (Fsp3) is 0.750. The Kier molecular flexibility index (Phi) is 16.8. The van der Waals surface area contributed by atoms with Gasteiger partial charge in [0.1, 0.15) is 9.84 Å². The van der Waals surface area contributed by atoms with E-state index in [2.05, 4.69) is 14.8 Å². The Morgan fingerprint density at radius 1 is 1.44 bits per heavy atom. The Bertz CT molecular complexity index is 121. The van der Waals surface area contributed by atoms with Gasteiger partial charge in [0.2, 0.25) is 0 Å². The first-order valence-electron chi connectivity index (χ1n) is 2.11. The first-order valence-corrected chi connectivity index (χ1v) is 4.17. The molecule has 0 bridgehead atoms. The van der Waals surface area contributed by atoms with E-state index in [0.717, 1.165) is 6.26 Å². The summed E-state index contributed by atoms with van der Waals surface area (Å²) in [6.45, 7) is 4.67. The summed E-state index contributed by atoms with van der Waals surface area (Å²) in [6, 6.07) is 0. The van der Waals surface area contributed by atoms with Crippen LogP contribution in [0.2, 0.25) is 6.82 Å². The molecule has 0 saturated carbocycles. The van der Waals surface area contributed by atoms with Crippen molar-refractivity contribution in [2.24, 2.45) is 0 Å². The predicted molar refractivity (Wildman–Crippen MR) is 36.7 cm³/mol. The molecule has 0 fully saturated rings. The summed E-state index contributed by atoms with van der Waals surface area (Å²) >= 11 is 0. The maximum absolute atomic E-state index is 9.94. The van der Waals surface area contributed by atoms with Crippen LogP contribution < -0.4 is 0 Å². The van der Waals surface area contributed by atoms with Crippen molar-refractivity contribution < 1.29 is 41.1 Å². The van der Waals surface area contributed by atoms with Crippen LogP contribution in [-0.2, 0) is 42.5 Å². The predicted octanol–water partition coefficient (Wildman–Crippen LogP) is 0.0656. The molecule has 0 saturated heterocycles. The van der Waals surface area contributed by atoms with Crippen LogP contribution in [0.3, 0.4) is 0 Å². The number of rotatable bonds is 1. The number of hydrogen-bond donors (Lipinski definition) is 0. The van der Waals surface area contributed by atoms with Crippen molar-refractivity contribution in [1.82, 2.24) is 0 Å². The van der Waals surface area contributed by atoms with E-state index in [9.17, 15) is 8.42 Å². The van der Waals surface area contributed by atoms with Gasteiger partial charge < -0.3 is 6.92 Å². The average Bonchev–Trinajstić information content (AvgIpc) is 1.71. The van der Waals surface area contributed by atoms with Crippen molar-refractivity contribution in [3.05, 3.63) is 6.92 Å². The average molecular weight is 222 g/mol. The SMILES string of the molecule is [B]C.[CH2-]CS(C)(=O)=O.[Y]. The van der Waals surface area contributed by atoms with Crippen molar-refractivity contribution in [2.75, 3.05) is 12.0 Å². The fourth-order valence-corrected chi connectivity index (χ4v) is 0. The molecule has 0 rings (SSSR count). The summed E-state index contributed by atoms with van der Waals surface area (Å²) in [4.78, 5) is 0. The van der Waals surface area contributed by atoms with E-state index in [0.29, 0.717) is 0 Å². The van der Waals surface area contributed by atoms with E-state index in [1.807, 2.05) is 0 Å². The molecule has 0 aromatic rings. The standard InChI is InChI=1S/C3H7O2S.CH3B.Y/c1-3-6(2,4)5;1-2;/h1,3H2,2H3;1H3;/q-1;;. The van der Waals surface area contributed by atoms with Crippen LogP contribution in [0.4, 0.5) is 0 Å². The molecule has 0 aliphatic carbocycles. The molecular formula is C4H10BO2SY-. The van der Waals surface area contributed by atoms with Crippen LogP contribution in [-0.4, -0.2) is 28.3 Å². The third kappa shape index (κ3) is 27.2. The molecule has 0 amide bonds. The molecule has 0 heterocycles. The second-order valence-corrected chi connectivity index (χ2v) is 3.39. The van der Waals surface area contributed by atoms with Crippen molar-refractivity contribution in [3.63, 3.8) is 0 Å². The van der Waals surface area contributed by atoms with Gasteiger partial charge in [-0.1, -0.05) is 12.6 Å². The maximum atomic E-state index is 9.94. The first-order chi connectivity index (χ1) is 3.56. The van der Waals surface area contributed by atoms with E-state index in [-0.39, 0.29) is 38.5 Å². The Balaban J connectivity index is -0.000000109. The van der Waals surface area contributed by atoms with Gasteiger partial charge in [-0.05, 0) is 0 Å². The van der Waals surface area contributed by atoms with Crippen LogP contribution >= 0.6 is 0 Å². The molecular weight excluding hydrogens is 212 g/mol. The second kappa shape index (κ2) is 9.12. The molecule has 3 radical (unpaired) electrons. The van der Waals surface area contributed by atoms with E-state index < -0.39 is 9.84 Å². The van der Waals surface area contributed by atoms with Crippen molar-refractivity contribution >= 4 is 17.7 Å². The molecule has 0 aliphatic heterocycles. The third-order valence-corrected chi connectivity index (χ3v) is 1.11. The van der Waals surface area contributed by atoms with E-state index in [1.54, 1.807) is 0 Å². The summed E-state index contributed by atoms with van der Waals surface area (Å²) in [5.41, 5.74) is 0. The van der Waals surface area contributed by atoms with Gasteiger partial charge in [0.05, 0.1) is 7.85 Å². The molecule has 0 spiro atoms. The largest absolute Gasteiger partial charge is 0.329 e. The van der Waals surface area contributed by atoms with E-state index in [4.69, 9.17) is 0 Å². The minimum atomic E-state index is -2.77. The van der Waals surface area contributed by atoms with Gasteiger partial charge in [-0.3, -0.25) is 0 Å². The molecule has 51 valence electrons. The van der Waals surface area contributed by atoms with Gasteiger partial charge >= 0.3 is 0 Å². The molecule has 9 heavy (non-hydrogen) atoms. The molecule has 0 aromatic carbocycles. The molecule has 0 unspecified atom stereocenters. The fourth-order valence-electron chi connectivity index (χ4n) is 0. The zero-order chi connectivity index (χ0) is 7.21. The van der Waals surface area contributed by atoms with Gasteiger partial charge in [-0.2, -0.15) is 0 Å². The van der Waals surface area contributed by atoms with Gasteiger partial charge in [-0.25, -0.2) is 8.42 Å². The van der Waals surface area contributed by atoms with Crippen LogP contribution in [0.1, 0.15) is 0 Å². The second-order valence-electron chi connectivity index (χ2n) is 1.13. The summed E-state index contributed by atoms with van der Waals surface area (Å²) in [5.74, 6) is -0.00694. The topological polar surface area (TPSA) is 34.1 Å². The summed E-state index contributed by atoms with van der Waals surface area (Å²) in [7, 11) is 1.73. The first kappa shape index (κ1) is 16.6. The number of sulfone groups is 1. The normalized spacial score (nSPS) is 8.33. The van der Waals surface area contributed by atoms with Crippen molar-refractivity contribution in [2.45, 2.75) is 6.82 Å². The van der Waals surface area contributed by atoms with Crippen LogP contribution in [0.5, 0.6) is 0 Å². The zero-order valence-corrected chi connectivity index (χ0v) is 9.45. The molecule has 2 nitrogen and oxygen atoms in total. The van der Waals surface area contributed by atoms with Crippen molar-refractivity contribution in [3.8, 4) is 0 Å². The zero-order valence-electron chi connectivity index (χ0n) is 5.79. The Morgan fingerprint density at radius 2 is 1.56 bits per heavy atom. The van der Waals surface area contributed by atoms with Crippen LogP contribution in [0, 0.1) is 6.92 Å². The quantitative estimate of drug-likeness (QED) is 0.464. The molecule has 0 N–H and O–H groups in total. The summed E-state index contributed by atoms with van der Waals surface area (Å²) < 4.78 is 19.9. The minimum Gasteiger partial charge on any atom is -0.329 e. The van der Waals surface area contributed by atoms with Gasteiger partial charge in [-0.15, -0.1) is 0 Å². The molecule has 5 heteroatoms. The van der Waals surface area contributed by atoms with Gasteiger partial charge in [0.15, 0.2) is 0 Å². The number of hydrogen-bond acceptors (Lipinski definition) is 2. The van der Waals surface area contributed by atoms with Crippen LogP contribution in [0.25, 0.3) is 0 Å². The minimum absolute atomic E-state index is 0. The Morgan fingerprint density at radius 3 is 1.56 bits per heavy atom. The van der Waals surface area contributed by atoms with Gasteiger partial charge in [0.25, 0.3) is 0 Å². The third-order valence-electron chi connectivity index (χ3n) is 0.371. The summed E-state index contributed by atoms with van der Waals surface area (Å²) in [5, 5.41) is 0. The van der Waals surface area contributed by atoms with E-state index >= 15 is 0 Å². The molecule has 0 aromatic heterocycles. The Labute approximate surface area is 84.0 Å². The van der Waals surface area contributed by atoms with E-state index in [1.165, 1.54) is 6.82 Å². The smallest absolute Gasteiger partial charge is 0.119 e. The van der Waals surface area contributed by atoms with Crippen molar-refractivity contribution in [1.29, 1.82) is 0 Å². The summed E-state index contributed by atoms with van der Waals surface area (Å²) in [6.07, 6.45) is 1.15.